The van der Waals surface area contributed by atoms with Gasteiger partial charge in [-0.25, -0.2) is 0 Å². The summed E-state index contributed by atoms with van der Waals surface area (Å²) in [6, 6.07) is 0.526. The Kier molecular flexibility index (Phi) is 30.6. The molecule has 0 bridgehead atoms. The highest BCUT2D eigenvalue weighted by Gasteiger charge is 2.40. The molecule has 1 heterocycles. The summed E-state index contributed by atoms with van der Waals surface area (Å²) >= 11 is 0. The van der Waals surface area contributed by atoms with E-state index in [1.54, 1.807) is 0 Å². The van der Waals surface area contributed by atoms with Gasteiger partial charge in [0, 0.05) is 31.8 Å². The Morgan fingerprint density at radius 1 is 0.778 bits per heavy atom. The molecule has 4 unspecified atom stereocenters. The molecule has 1 rings (SSSR count). The van der Waals surface area contributed by atoms with Crippen LogP contribution in [0.1, 0.15) is 195 Å². The fourth-order valence-corrected chi connectivity index (χ4v) is 7.10. The van der Waals surface area contributed by atoms with E-state index in [1.807, 2.05) is 6.08 Å². The van der Waals surface area contributed by atoms with Crippen LogP contribution in [0.25, 0.3) is 0 Å². The van der Waals surface area contributed by atoms with E-state index in [0.29, 0.717) is 44.6 Å². The zero-order valence-electron chi connectivity index (χ0n) is 36.0. The highest BCUT2D eigenvalue weighted by Crippen LogP contribution is 2.35. The van der Waals surface area contributed by atoms with E-state index in [0.717, 1.165) is 103 Å². The number of ether oxygens (including phenoxy) is 4. The maximum absolute atomic E-state index is 12.5. The highest BCUT2D eigenvalue weighted by molar-refractivity contribution is 5.70. The molecule has 0 radical (unpaired) electrons. The molecular weight excluding hydrogens is 675 g/mol. The molecule has 312 valence electrons. The lowest BCUT2D eigenvalue weighted by Crippen LogP contribution is -2.33. The average molecular weight is 758 g/mol. The summed E-state index contributed by atoms with van der Waals surface area (Å²) in [6.07, 6.45) is 28.4. The number of allylic oxidation sites excluding steroid dienone is 1. The van der Waals surface area contributed by atoms with Crippen LogP contribution in [0.3, 0.4) is 0 Å². The van der Waals surface area contributed by atoms with Crippen LogP contribution in [-0.4, -0.2) is 68.2 Å². The van der Waals surface area contributed by atoms with E-state index >= 15 is 0 Å². The molecule has 4 atom stereocenters. The first-order valence-corrected chi connectivity index (χ1v) is 22.3. The molecule has 1 fully saturated rings. The number of carbonyl (C=O) groups excluding carboxylic acids is 2. The Labute approximate surface area is 332 Å². The van der Waals surface area contributed by atoms with Gasteiger partial charge in [-0.2, -0.15) is 0 Å². The van der Waals surface area contributed by atoms with Gasteiger partial charge in [0.2, 0.25) is 0 Å². The molecular formula is C47H83NO6. The van der Waals surface area contributed by atoms with Crippen LogP contribution in [0.15, 0.2) is 29.8 Å². The van der Waals surface area contributed by atoms with Crippen molar-refractivity contribution in [3.63, 3.8) is 0 Å². The number of rotatable bonds is 35. The maximum Gasteiger partial charge on any atom is 0.306 e. The largest absolute Gasteiger partial charge is 0.466 e. The summed E-state index contributed by atoms with van der Waals surface area (Å²) in [7, 11) is 2.18. The summed E-state index contributed by atoms with van der Waals surface area (Å²) in [5.41, 5.74) is 8.28. The van der Waals surface area contributed by atoms with E-state index in [1.165, 1.54) is 51.4 Å². The van der Waals surface area contributed by atoms with Crippen LogP contribution < -0.4 is 0 Å². The lowest BCUT2D eigenvalue weighted by molar-refractivity contribution is -0.180. The smallest absolute Gasteiger partial charge is 0.306 e. The van der Waals surface area contributed by atoms with Crippen molar-refractivity contribution in [3.8, 4) is 0 Å². The van der Waals surface area contributed by atoms with Crippen molar-refractivity contribution in [3.05, 3.63) is 29.8 Å². The van der Waals surface area contributed by atoms with E-state index in [9.17, 15) is 9.59 Å². The number of unbranched alkanes of at least 4 members (excludes halogenated alkanes) is 14. The minimum Gasteiger partial charge on any atom is -0.466 e. The van der Waals surface area contributed by atoms with E-state index < -0.39 is 5.79 Å². The van der Waals surface area contributed by atoms with Gasteiger partial charge in [0.05, 0.1) is 32.3 Å². The Morgan fingerprint density at radius 2 is 1.31 bits per heavy atom. The number of nitrogens with zero attached hydrogens (tertiary/aromatic N) is 1. The molecule has 0 amide bonds. The molecule has 7 heteroatoms. The van der Waals surface area contributed by atoms with Crippen molar-refractivity contribution >= 4 is 11.9 Å². The average Bonchev–Trinajstić information content (AvgIpc) is 3.55. The Hall–Kier alpha value is -2.10. The minimum atomic E-state index is -0.446. The van der Waals surface area contributed by atoms with Gasteiger partial charge < -0.3 is 23.8 Å². The zero-order chi connectivity index (χ0) is 39.7. The fourth-order valence-electron chi connectivity index (χ4n) is 7.10. The number of esters is 2. The molecule has 7 nitrogen and oxygen atoms in total. The third-order valence-electron chi connectivity index (χ3n) is 10.9. The molecule has 54 heavy (non-hydrogen) atoms. The molecule has 0 N–H and O–H groups in total. The van der Waals surface area contributed by atoms with E-state index in [4.69, 9.17) is 18.9 Å². The van der Waals surface area contributed by atoms with E-state index in [-0.39, 0.29) is 24.0 Å². The normalized spacial score (nSPS) is 17.9. The molecule has 1 saturated heterocycles. The quantitative estimate of drug-likeness (QED) is 0.0362. The Morgan fingerprint density at radius 3 is 1.87 bits per heavy atom. The van der Waals surface area contributed by atoms with Crippen molar-refractivity contribution in [2.45, 2.75) is 213 Å². The van der Waals surface area contributed by atoms with Gasteiger partial charge in [0.25, 0.3) is 0 Å². The standard InChI is InChI=1S/C47H83NO6/c1-8-11-22-29-42(6)38-45(49)51-36-27-20-16-14-18-25-33-47(53-40-44(54-47)32-35-48(7)41(4)5)34-26-19-15-17-21-28-37-52-46(50)39-43(30-23-12-9-2)31-24-13-10-3/h30,41-44H,2,8,10-11,13-22,24-29,31-40H2,1,3-7H3. The van der Waals surface area contributed by atoms with Crippen molar-refractivity contribution in [2.75, 3.05) is 33.4 Å². The van der Waals surface area contributed by atoms with Crippen molar-refractivity contribution in [1.82, 2.24) is 4.90 Å². The van der Waals surface area contributed by atoms with Gasteiger partial charge in [-0.15, -0.1) is 0 Å². The molecule has 0 saturated carbocycles. The predicted molar refractivity (Wildman–Crippen MR) is 223 cm³/mol. The lowest BCUT2D eigenvalue weighted by atomic mass is 9.98. The topological polar surface area (TPSA) is 74.3 Å². The predicted octanol–water partition coefficient (Wildman–Crippen LogP) is 12.2. The van der Waals surface area contributed by atoms with Gasteiger partial charge in [0.1, 0.15) is 0 Å². The summed E-state index contributed by atoms with van der Waals surface area (Å²) in [5.74, 6) is -0.0495. The van der Waals surface area contributed by atoms with Crippen LogP contribution in [0.2, 0.25) is 0 Å². The van der Waals surface area contributed by atoms with Gasteiger partial charge in [0.15, 0.2) is 5.79 Å². The SMILES string of the molecule is C=C=C=C=CC(CCCCC)CC(=O)OCCCCCCCCC1(CCCCCCCCOC(=O)CC(C)CCCCC)OCC(CCN(C)C(C)C)O1. The summed E-state index contributed by atoms with van der Waals surface area (Å²) < 4.78 is 24.3. The molecule has 0 aromatic carbocycles. The third-order valence-corrected chi connectivity index (χ3v) is 10.9. The molecule has 0 aromatic rings. The first kappa shape index (κ1) is 49.9. The monoisotopic (exact) mass is 758 g/mol. The fraction of sp³-hybridized carbons (Fsp3) is 0.851. The Balaban J connectivity index is 2.34. The summed E-state index contributed by atoms with van der Waals surface area (Å²) in [6.45, 7) is 17.3. The summed E-state index contributed by atoms with van der Waals surface area (Å²) in [4.78, 5) is 27.0. The lowest BCUT2D eigenvalue weighted by Gasteiger charge is -2.29. The number of carbonyl (C=O) groups is 2. The number of hydrogen-bond acceptors (Lipinski definition) is 7. The molecule has 0 aliphatic carbocycles. The second-order valence-corrected chi connectivity index (χ2v) is 16.4. The van der Waals surface area contributed by atoms with Crippen LogP contribution in [0.4, 0.5) is 0 Å². The second-order valence-electron chi connectivity index (χ2n) is 16.4. The maximum atomic E-state index is 12.5. The van der Waals surface area contributed by atoms with Crippen molar-refractivity contribution < 1.29 is 28.5 Å². The van der Waals surface area contributed by atoms with Gasteiger partial charge >= 0.3 is 11.9 Å². The third kappa shape index (κ3) is 26.7. The first-order valence-electron chi connectivity index (χ1n) is 22.3. The molecule has 0 aromatic heterocycles. The minimum absolute atomic E-state index is 0.0322. The van der Waals surface area contributed by atoms with Crippen LogP contribution >= 0.6 is 0 Å². The van der Waals surface area contributed by atoms with E-state index in [2.05, 4.69) is 70.3 Å². The second kappa shape index (κ2) is 33.1. The summed E-state index contributed by atoms with van der Waals surface area (Å²) in [5, 5.41) is 0. The van der Waals surface area contributed by atoms with Crippen molar-refractivity contribution in [1.29, 1.82) is 0 Å². The van der Waals surface area contributed by atoms with Crippen LogP contribution in [-0.2, 0) is 28.5 Å². The van der Waals surface area contributed by atoms with Gasteiger partial charge in [-0.1, -0.05) is 129 Å². The molecule has 0 spiro atoms. The van der Waals surface area contributed by atoms with Gasteiger partial charge in [-0.3, -0.25) is 9.59 Å². The van der Waals surface area contributed by atoms with Crippen LogP contribution in [0, 0.1) is 11.8 Å². The molecule has 1 aliphatic heterocycles. The Bertz CT molecular complexity index is 1070. The highest BCUT2D eigenvalue weighted by atomic mass is 16.7. The number of hydrogen-bond donors (Lipinski definition) is 0. The molecule has 1 aliphatic rings. The van der Waals surface area contributed by atoms with Crippen LogP contribution in [0.5, 0.6) is 0 Å². The first-order chi connectivity index (χ1) is 26.1. The van der Waals surface area contributed by atoms with Gasteiger partial charge in [-0.05, 0) is 89.6 Å². The zero-order valence-corrected chi connectivity index (χ0v) is 36.0. The van der Waals surface area contributed by atoms with Crippen molar-refractivity contribution in [2.24, 2.45) is 11.8 Å².